The van der Waals surface area contributed by atoms with Crippen LogP contribution in [-0.2, 0) is 9.59 Å². The third-order valence-corrected chi connectivity index (χ3v) is 2.61. The van der Waals surface area contributed by atoms with Crippen LogP contribution in [-0.4, -0.2) is 17.5 Å². The maximum atomic E-state index is 10.8. The Kier molecular flexibility index (Phi) is 3.94. The molecule has 6 heteroatoms. The van der Waals surface area contributed by atoms with E-state index in [1.165, 1.54) is 12.1 Å². The number of halogens is 2. The number of carbonyl (C=O) groups excluding carboxylic acids is 1. The fourth-order valence-electron chi connectivity index (χ4n) is 1.11. The summed E-state index contributed by atoms with van der Waals surface area (Å²) < 4.78 is 0. The monoisotopic (exact) mass is 247 g/mol. The van der Waals surface area contributed by atoms with Gasteiger partial charge in [-0.15, -0.1) is 0 Å². The Hall–Kier alpha value is -1.26. The number of nitrogens with one attached hydrogen (secondary N) is 1. The van der Waals surface area contributed by atoms with Gasteiger partial charge in [-0.3, -0.25) is 4.79 Å². The first-order valence-corrected chi connectivity index (χ1v) is 4.70. The molecule has 0 aromatic heterocycles. The number of aliphatic carboxylic acids is 1. The van der Waals surface area contributed by atoms with Gasteiger partial charge in [0.25, 0.3) is 0 Å². The molecule has 0 fully saturated rings. The molecule has 0 aliphatic heterocycles. The van der Waals surface area contributed by atoms with E-state index < -0.39 is 12.0 Å². The molecular formula is C9H7Cl2NO3. The van der Waals surface area contributed by atoms with E-state index in [4.69, 9.17) is 28.3 Å². The minimum Gasteiger partial charge on any atom is -0.479 e. The summed E-state index contributed by atoms with van der Waals surface area (Å²) in [5.41, 5.74) is 0.253. The van der Waals surface area contributed by atoms with E-state index in [1.54, 1.807) is 6.07 Å². The second-order valence-electron chi connectivity index (χ2n) is 2.70. The Labute approximate surface area is 95.8 Å². The van der Waals surface area contributed by atoms with E-state index in [-0.39, 0.29) is 15.6 Å². The van der Waals surface area contributed by atoms with Crippen molar-refractivity contribution in [3.63, 3.8) is 0 Å². The number of carbonyl (C=O) groups is 2. The fraction of sp³-hybridized carbons (Fsp3) is 0.111. The van der Waals surface area contributed by atoms with Gasteiger partial charge in [0, 0.05) is 5.56 Å². The van der Waals surface area contributed by atoms with Crippen molar-refractivity contribution in [2.45, 2.75) is 6.04 Å². The van der Waals surface area contributed by atoms with Gasteiger partial charge in [0.05, 0.1) is 10.0 Å². The van der Waals surface area contributed by atoms with Gasteiger partial charge in [-0.2, -0.15) is 0 Å². The van der Waals surface area contributed by atoms with E-state index in [0.29, 0.717) is 6.41 Å². The van der Waals surface area contributed by atoms with Crippen molar-refractivity contribution >= 4 is 35.6 Å². The van der Waals surface area contributed by atoms with Crippen molar-refractivity contribution in [3.05, 3.63) is 33.8 Å². The summed E-state index contributed by atoms with van der Waals surface area (Å²) in [5.74, 6) is -1.20. The first-order chi connectivity index (χ1) is 7.07. The van der Waals surface area contributed by atoms with Gasteiger partial charge < -0.3 is 10.4 Å². The van der Waals surface area contributed by atoms with Crippen LogP contribution in [0.3, 0.4) is 0 Å². The van der Waals surface area contributed by atoms with Crippen LogP contribution in [0.5, 0.6) is 0 Å². The van der Waals surface area contributed by atoms with Crippen molar-refractivity contribution in [2.24, 2.45) is 0 Å². The quantitative estimate of drug-likeness (QED) is 0.799. The number of carboxylic acid groups (broad SMARTS) is 1. The van der Waals surface area contributed by atoms with Crippen LogP contribution in [0.4, 0.5) is 0 Å². The molecule has 0 bridgehead atoms. The number of carboxylic acids is 1. The molecule has 0 spiro atoms. The molecule has 15 heavy (non-hydrogen) atoms. The zero-order valence-electron chi connectivity index (χ0n) is 7.41. The lowest BCUT2D eigenvalue weighted by molar-refractivity contribution is -0.140. The van der Waals surface area contributed by atoms with E-state index >= 15 is 0 Å². The lowest BCUT2D eigenvalue weighted by Crippen LogP contribution is -2.27. The first kappa shape index (κ1) is 11.8. The van der Waals surface area contributed by atoms with Crippen LogP contribution < -0.4 is 5.32 Å². The van der Waals surface area contributed by atoms with Gasteiger partial charge in [-0.05, 0) is 6.07 Å². The van der Waals surface area contributed by atoms with Crippen LogP contribution in [0, 0.1) is 0 Å². The molecule has 0 radical (unpaired) electrons. The molecular weight excluding hydrogens is 241 g/mol. The molecule has 1 rings (SSSR count). The zero-order valence-corrected chi connectivity index (χ0v) is 8.92. The van der Waals surface area contributed by atoms with Gasteiger partial charge in [0.1, 0.15) is 0 Å². The highest BCUT2D eigenvalue weighted by Crippen LogP contribution is 2.29. The van der Waals surface area contributed by atoms with E-state index in [0.717, 1.165) is 0 Å². The van der Waals surface area contributed by atoms with Crippen LogP contribution in [0.25, 0.3) is 0 Å². The van der Waals surface area contributed by atoms with Crippen molar-refractivity contribution < 1.29 is 14.7 Å². The summed E-state index contributed by atoms with van der Waals surface area (Å²) in [6.07, 6.45) is 0.302. The van der Waals surface area contributed by atoms with Crippen molar-refractivity contribution in [2.75, 3.05) is 0 Å². The van der Waals surface area contributed by atoms with Gasteiger partial charge in [-0.1, -0.05) is 35.3 Å². The Morgan fingerprint density at radius 2 is 2.13 bits per heavy atom. The highest BCUT2D eigenvalue weighted by atomic mass is 35.5. The topological polar surface area (TPSA) is 66.4 Å². The van der Waals surface area contributed by atoms with Gasteiger partial charge in [0.15, 0.2) is 6.04 Å². The average Bonchev–Trinajstić information content (AvgIpc) is 2.19. The maximum absolute atomic E-state index is 10.8. The highest BCUT2D eigenvalue weighted by Gasteiger charge is 2.22. The van der Waals surface area contributed by atoms with Crippen LogP contribution in [0.1, 0.15) is 11.6 Å². The highest BCUT2D eigenvalue weighted by molar-refractivity contribution is 6.42. The number of hydrogen-bond acceptors (Lipinski definition) is 2. The predicted octanol–water partition coefficient (Wildman–Crippen LogP) is 1.87. The molecule has 1 unspecified atom stereocenters. The zero-order chi connectivity index (χ0) is 11.4. The molecule has 1 atom stereocenters. The van der Waals surface area contributed by atoms with Crippen molar-refractivity contribution in [3.8, 4) is 0 Å². The molecule has 0 aliphatic rings. The summed E-state index contributed by atoms with van der Waals surface area (Å²) in [4.78, 5) is 21.1. The number of amides is 1. The van der Waals surface area contributed by atoms with Crippen LogP contribution in [0.15, 0.2) is 18.2 Å². The predicted molar refractivity (Wildman–Crippen MR) is 56.0 cm³/mol. The summed E-state index contributed by atoms with van der Waals surface area (Å²) in [6, 6.07) is 3.40. The lowest BCUT2D eigenvalue weighted by atomic mass is 10.1. The molecule has 4 nitrogen and oxygen atoms in total. The number of hydrogen-bond donors (Lipinski definition) is 2. The smallest absolute Gasteiger partial charge is 0.330 e. The second-order valence-corrected chi connectivity index (χ2v) is 3.48. The Bertz CT molecular complexity index is 395. The standard InChI is InChI=1S/C9H7Cl2NO3/c10-6-3-1-2-5(7(6)11)8(9(14)15)12-4-13/h1-4,8H,(H,12,13)(H,14,15). The molecule has 1 aromatic carbocycles. The third-order valence-electron chi connectivity index (χ3n) is 1.77. The molecule has 80 valence electrons. The molecule has 1 amide bonds. The summed E-state index contributed by atoms with van der Waals surface area (Å²) in [6.45, 7) is 0. The summed E-state index contributed by atoms with van der Waals surface area (Å²) in [5, 5.41) is 11.4. The molecule has 0 heterocycles. The Morgan fingerprint density at radius 3 is 2.67 bits per heavy atom. The van der Waals surface area contributed by atoms with E-state index in [1.807, 2.05) is 0 Å². The number of benzene rings is 1. The first-order valence-electron chi connectivity index (χ1n) is 3.94. The maximum Gasteiger partial charge on any atom is 0.330 e. The summed E-state index contributed by atoms with van der Waals surface area (Å²) >= 11 is 11.5. The Morgan fingerprint density at radius 1 is 1.47 bits per heavy atom. The van der Waals surface area contributed by atoms with Crippen molar-refractivity contribution in [1.82, 2.24) is 5.32 Å². The Balaban J connectivity index is 3.16. The normalized spacial score (nSPS) is 11.9. The van der Waals surface area contributed by atoms with E-state index in [9.17, 15) is 9.59 Å². The SMILES string of the molecule is O=CNC(C(=O)O)c1cccc(Cl)c1Cl. The van der Waals surface area contributed by atoms with Gasteiger partial charge in [-0.25, -0.2) is 4.79 Å². The van der Waals surface area contributed by atoms with Crippen molar-refractivity contribution in [1.29, 1.82) is 0 Å². The molecule has 1 aromatic rings. The largest absolute Gasteiger partial charge is 0.479 e. The molecule has 2 N–H and O–H groups in total. The van der Waals surface area contributed by atoms with Gasteiger partial charge >= 0.3 is 5.97 Å². The van der Waals surface area contributed by atoms with E-state index in [2.05, 4.69) is 5.32 Å². The fourth-order valence-corrected chi connectivity index (χ4v) is 1.52. The van der Waals surface area contributed by atoms with Crippen LogP contribution in [0.2, 0.25) is 10.0 Å². The molecule has 0 saturated carbocycles. The average molecular weight is 248 g/mol. The van der Waals surface area contributed by atoms with Crippen LogP contribution >= 0.6 is 23.2 Å². The van der Waals surface area contributed by atoms with Gasteiger partial charge in [0.2, 0.25) is 6.41 Å². The second kappa shape index (κ2) is 5.00. The third kappa shape index (κ3) is 2.61. The number of rotatable bonds is 4. The molecule has 0 saturated heterocycles. The minimum atomic E-state index is -1.20. The summed E-state index contributed by atoms with van der Waals surface area (Å²) in [7, 11) is 0. The minimum absolute atomic E-state index is 0.126. The lowest BCUT2D eigenvalue weighted by Gasteiger charge is -2.13. The molecule has 0 aliphatic carbocycles.